The molecule has 0 spiro atoms. The van der Waals surface area contributed by atoms with Crippen LogP contribution in [0.4, 0.5) is 0 Å². The first-order valence-electron chi connectivity index (χ1n) is 6.89. The van der Waals surface area contributed by atoms with Crippen molar-refractivity contribution in [2.24, 2.45) is 0 Å². The van der Waals surface area contributed by atoms with Gasteiger partial charge in [-0.2, -0.15) is 13.3 Å². The first kappa shape index (κ1) is 32.1. The van der Waals surface area contributed by atoms with Crippen LogP contribution in [0.2, 0.25) is 0 Å². The van der Waals surface area contributed by atoms with Gasteiger partial charge in [0.25, 0.3) is 0 Å². The molecule has 2 aromatic carbocycles. The summed E-state index contributed by atoms with van der Waals surface area (Å²) in [4.78, 5) is 0. The Kier molecular flexibility index (Phi) is 34.7. The van der Waals surface area contributed by atoms with Gasteiger partial charge in [-0.05, 0) is 18.5 Å². The summed E-state index contributed by atoms with van der Waals surface area (Å²) in [5, 5.41) is 2.96. The molecule has 135 valence electrons. The zero-order valence-electron chi connectivity index (χ0n) is 14.2. The molecule has 4 nitrogen and oxygen atoms in total. The first-order valence-corrected chi connectivity index (χ1v) is 8.41. The molecule has 0 aliphatic rings. The normalized spacial score (nSPS) is 7.31. The topological polar surface area (TPSA) is 79.6 Å². The Morgan fingerprint density at radius 1 is 0.692 bits per heavy atom. The van der Waals surface area contributed by atoms with Crippen molar-refractivity contribution in [3.63, 3.8) is 0 Å². The summed E-state index contributed by atoms with van der Waals surface area (Å²) in [7, 11) is -0.188. The number of hydrogen-bond donors (Lipinski definition) is 0. The van der Waals surface area contributed by atoms with Crippen LogP contribution < -0.4 is 10.6 Å². The SMILES string of the molecule is C[CH-]CCP(c1ccccc1)c1ccccc1.[C-]#[O+].[C-]#[O+].[C-]#[O+].[C-]#[O+].[Mn]. The summed E-state index contributed by atoms with van der Waals surface area (Å²) >= 11 is 0. The van der Waals surface area contributed by atoms with Crippen LogP contribution >= 0.6 is 7.92 Å². The van der Waals surface area contributed by atoms with Crippen molar-refractivity contribution < 1.29 is 35.7 Å². The van der Waals surface area contributed by atoms with Gasteiger partial charge in [0, 0.05) is 17.1 Å². The largest absolute Gasteiger partial charge is 0 e. The molecule has 1 radical (unpaired) electrons. The molecule has 2 aromatic rings. The van der Waals surface area contributed by atoms with Crippen molar-refractivity contribution in [1.82, 2.24) is 0 Å². The summed E-state index contributed by atoms with van der Waals surface area (Å²) in [6.45, 7) is 20.1. The molecular weight excluding hydrogens is 390 g/mol. The van der Waals surface area contributed by atoms with Crippen molar-refractivity contribution in [3.8, 4) is 0 Å². The standard InChI is InChI=1S/C16H18P.4CO.Mn/c1-2-3-14-17(15-10-6-4-7-11-15)16-12-8-5-9-13-16;4*1-2;/h2,4-13H,3,14H2,1H3;;;;;/q-1;;;;;. The summed E-state index contributed by atoms with van der Waals surface area (Å²) < 4.78 is 30.0. The molecule has 0 atom stereocenters. The molecule has 0 aromatic heterocycles. The second-order valence-electron chi connectivity index (χ2n) is 4.02. The van der Waals surface area contributed by atoms with Gasteiger partial charge in [-0.3, -0.25) is 0 Å². The molecule has 0 fully saturated rings. The van der Waals surface area contributed by atoms with Crippen molar-refractivity contribution in [1.29, 1.82) is 0 Å². The van der Waals surface area contributed by atoms with Crippen LogP contribution in [-0.4, -0.2) is 6.16 Å². The minimum Gasteiger partial charge on any atom is 0 e. The van der Waals surface area contributed by atoms with E-state index in [1.807, 2.05) is 0 Å². The molecule has 0 N–H and O–H groups in total. The van der Waals surface area contributed by atoms with Crippen LogP contribution in [0.25, 0.3) is 0 Å². The minimum absolute atomic E-state index is 0. The van der Waals surface area contributed by atoms with Crippen molar-refractivity contribution >= 4 is 18.5 Å². The maximum Gasteiger partial charge on any atom is 0 e. The second kappa shape index (κ2) is 28.2. The molecule has 0 aliphatic carbocycles. The Bertz CT molecular complexity index is 531. The average Bonchev–Trinajstić information content (AvgIpc) is 2.76. The molecular formula is C20H18MnO4P-. The van der Waals surface area contributed by atoms with E-state index >= 15 is 0 Å². The Morgan fingerprint density at radius 2 is 1.00 bits per heavy atom. The van der Waals surface area contributed by atoms with Gasteiger partial charge in [0.05, 0.1) is 0 Å². The van der Waals surface area contributed by atoms with E-state index in [9.17, 15) is 0 Å². The fraction of sp³-hybridized carbons (Fsp3) is 0.150. The monoisotopic (exact) mass is 408 g/mol. The van der Waals surface area contributed by atoms with E-state index in [0.717, 1.165) is 0 Å². The molecule has 2 rings (SSSR count). The Balaban J connectivity index is -0.000000238. The number of hydrogen-bond acceptors (Lipinski definition) is 0. The molecule has 0 heterocycles. The van der Waals surface area contributed by atoms with Gasteiger partial charge < -0.3 is 6.42 Å². The molecule has 0 amide bonds. The molecule has 0 unspecified atom stereocenters. The Morgan fingerprint density at radius 3 is 1.27 bits per heavy atom. The fourth-order valence-corrected chi connectivity index (χ4v) is 4.28. The van der Waals surface area contributed by atoms with Crippen molar-refractivity contribution in [2.75, 3.05) is 6.16 Å². The maximum atomic E-state index is 7.50. The Labute approximate surface area is 167 Å². The van der Waals surface area contributed by atoms with E-state index in [4.69, 9.17) is 18.6 Å². The average molecular weight is 408 g/mol. The van der Waals surface area contributed by atoms with Gasteiger partial charge >= 0.3 is 45.2 Å². The predicted molar refractivity (Wildman–Crippen MR) is 94.2 cm³/mol. The van der Waals surface area contributed by atoms with E-state index in [2.05, 4.69) is 101 Å². The van der Waals surface area contributed by atoms with E-state index in [1.165, 1.54) is 23.2 Å². The molecule has 26 heavy (non-hydrogen) atoms. The van der Waals surface area contributed by atoms with Gasteiger partial charge in [0.1, 0.15) is 0 Å². The third kappa shape index (κ3) is 14.7. The van der Waals surface area contributed by atoms with Crippen molar-refractivity contribution in [2.45, 2.75) is 13.3 Å². The Hall–Kier alpha value is -1.65. The minimum atomic E-state index is -0.188. The van der Waals surface area contributed by atoms with E-state index in [0.29, 0.717) is 0 Å². The number of unbranched alkanes of at least 4 members (excludes halogenated alkanes) is 1. The zero-order chi connectivity index (χ0) is 19.9. The molecule has 0 aliphatic heterocycles. The van der Waals surface area contributed by atoms with Crippen LogP contribution in [0.5, 0.6) is 0 Å². The summed E-state index contributed by atoms with van der Waals surface area (Å²) in [6, 6.07) is 21.8. The van der Waals surface area contributed by atoms with Crippen LogP contribution in [-0.2, 0) is 35.7 Å². The van der Waals surface area contributed by atoms with Gasteiger partial charge in [-0.15, -0.1) is 0 Å². The van der Waals surface area contributed by atoms with Gasteiger partial charge in [0.2, 0.25) is 0 Å². The quantitative estimate of drug-likeness (QED) is 0.314. The summed E-state index contributed by atoms with van der Waals surface area (Å²) in [6.07, 6.45) is 4.70. The summed E-state index contributed by atoms with van der Waals surface area (Å²) in [5.41, 5.74) is 0. The first-order chi connectivity index (χ1) is 12.4. The number of rotatable bonds is 5. The molecule has 0 saturated carbocycles. The van der Waals surface area contributed by atoms with Gasteiger partial charge in [-0.25, -0.2) is 0 Å². The second-order valence-corrected chi connectivity index (χ2v) is 6.36. The van der Waals surface area contributed by atoms with Gasteiger partial charge in [0.15, 0.2) is 0 Å². The third-order valence-corrected chi connectivity index (χ3v) is 5.33. The van der Waals surface area contributed by atoms with Crippen LogP contribution in [0.3, 0.4) is 0 Å². The van der Waals surface area contributed by atoms with Crippen LogP contribution in [0.15, 0.2) is 60.7 Å². The summed E-state index contributed by atoms with van der Waals surface area (Å²) in [5.74, 6) is 0. The molecule has 6 heteroatoms. The van der Waals surface area contributed by atoms with E-state index in [1.54, 1.807) is 0 Å². The predicted octanol–water partition coefficient (Wildman–Crippen LogP) is 3.58. The van der Waals surface area contributed by atoms with E-state index < -0.39 is 0 Å². The zero-order valence-corrected chi connectivity index (χ0v) is 16.3. The van der Waals surface area contributed by atoms with Crippen molar-refractivity contribution in [3.05, 3.63) is 93.7 Å². The third-order valence-electron chi connectivity index (χ3n) is 2.78. The smallest absolute Gasteiger partial charge is 0 e. The molecule has 0 saturated heterocycles. The molecule has 0 bridgehead atoms. The fourth-order valence-electron chi connectivity index (χ4n) is 1.88. The van der Waals surface area contributed by atoms with Gasteiger partial charge in [-0.1, -0.05) is 66.8 Å². The van der Waals surface area contributed by atoms with Crippen LogP contribution in [0.1, 0.15) is 13.3 Å². The van der Waals surface area contributed by atoms with Crippen LogP contribution in [0, 0.1) is 33.0 Å². The van der Waals surface area contributed by atoms with E-state index in [-0.39, 0.29) is 25.0 Å². The number of benzene rings is 2. The maximum absolute atomic E-state index is 7.50.